The van der Waals surface area contributed by atoms with Gasteiger partial charge in [0.15, 0.2) is 0 Å². The van der Waals surface area contributed by atoms with Crippen LogP contribution >= 0.6 is 7.82 Å². The molecule has 0 unspecified atom stereocenters. The van der Waals surface area contributed by atoms with Gasteiger partial charge in [-0.1, -0.05) is 6.92 Å². The minimum atomic E-state index is -4.31. The fourth-order valence-electron chi connectivity index (χ4n) is 0.311. The molecule has 4 N–H and O–H groups in total. The van der Waals surface area contributed by atoms with E-state index in [1.165, 1.54) is 0 Å². The summed E-state index contributed by atoms with van der Waals surface area (Å²) in [5, 5.41) is 0. The van der Waals surface area contributed by atoms with Gasteiger partial charge in [0.25, 0.3) is 0 Å². The van der Waals surface area contributed by atoms with Crippen LogP contribution in [0.15, 0.2) is 0 Å². The summed E-state index contributed by atoms with van der Waals surface area (Å²) in [6.07, 6.45) is 0.639. The first kappa shape index (κ1) is 10.1. The minimum absolute atomic E-state index is 0.0965. The van der Waals surface area contributed by atoms with Crippen LogP contribution < -0.4 is 5.73 Å². The highest BCUT2D eigenvalue weighted by Crippen LogP contribution is 2.35. The molecule has 0 aromatic carbocycles. The normalized spacial score (nSPS) is 15.2. The number of nitrogens with two attached hydrogens (primary N) is 1. The van der Waals surface area contributed by atoms with Crippen LogP contribution in [0.1, 0.15) is 13.3 Å². The Labute approximate surface area is 59.4 Å². The molecule has 0 bridgehead atoms. The molecule has 0 amide bonds. The lowest BCUT2D eigenvalue weighted by Gasteiger charge is -2.09. The molecular weight excluding hydrogens is 157 g/mol. The second-order valence-corrected chi connectivity index (χ2v) is 3.19. The molecule has 0 heterocycles. The molecule has 0 saturated carbocycles. The van der Waals surface area contributed by atoms with Crippen molar-refractivity contribution in [3.63, 3.8) is 0 Å². The summed E-state index contributed by atoms with van der Waals surface area (Å²) in [5.74, 6) is 0. The highest BCUT2D eigenvalue weighted by molar-refractivity contribution is 7.46. The van der Waals surface area contributed by atoms with Gasteiger partial charge in [-0.3, -0.25) is 4.52 Å². The van der Waals surface area contributed by atoms with E-state index in [1.54, 1.807) is 0 Å². The predicted molar refractivity (Wildman–Crippen MR) is 36.3 cm³/mol. The lowest BCUT2D eigenvalue weighted by molar-refractivity contribution is 0.185. The van der Waals surface area contributed by atoms with E-state index in [4.69, 9.17) is 15.5 Å². The third-order valence-corrected chi connectivity index (χ3v) is 1.47. The minimum Gasteiger partial charge on any atom is -0.326 e. The molecule has 0 aliphatic heterocycles. The molecule has 0 fully saturated rings. The molecule has 0 aliphatic rings. The topological polar surface area (TPSA) is 92.8 Å². The van der Waals surface area contributed by atoms with E-state index in [0.29, 0.717) is 6.42 Å². The number of rotatable bonds is 4. The van der Waals surface area contributed by atoms with Crippen molar-refractivity contribution in [3.8, 4) is 0 Å². The molecule has 0 aromatic heterocycles. The van der Waals surface area contributed by atoms with Crippen molar-refractivity contribution in [2.75, 3.05) is 6.61 Å². The summed E-state index contributed by atoms with van der Waals surface area (Å²) in [4.78, 5) is 16.4. The van der Waals surface area contributed by atoms with Gasteiger partial charge in [-0.15, -0.1) is 0 Å². The molecule has 0 spiro atoms. The average Bonchev–Trinajstić information content (AvgIpc) is 1.81. The van der Waals surface area contributed by atoms with Gasteiger partial charge in [-0.05, 0) is 6.42 Å². The van der Waals surface area contributed by atoms with Gasteiger partial charge in [-0.25, -0.2) is 4.57 Å². The van der Waals surface area contributed by atoms with Crippen LogP contribution in [0.5, 0.6) is 0 Å². The van der Waals surface area contributed by atoms with Crippen LogP contribution in [0.3, 0.4) is 0 Å². The van der Waals surface area contributed by atoms with Crippen molar-refractivity contribution >= 4 is 7.82 Å². The van der Waals surface area contributed by atoms with Gasteiger partial charge >= 0.3 is 7.82 Å². The zero-order valence-corrected chi connectivity index (χ0v) is 6.62. The second-order valence-electron chi connectivity index (χ2n) is 1.95. The van der Waals surface area contributed by atoms with Crippen LogP contribution in [0.4, 0.5) is 0 Å². The van der Waals surface area contributed by atoms with E-state index in [2.05, 4.69) is 4.52 Å². The van der Waals surface area contributed by atoms with Gasteiger partial charge in [0, 0.05) is 6.04 Å². The Kier molecular flexibility index (Phi) is 4.08. The smallest absolute Gasteiger partial charge is 0.326 e. The Morgan fingerprint density at radius 2 is 2.20 bits per heavy atom. The summed E-state index contributed by atoms with van der Waals surface area (Å²) in [7, 11) is -4.31. The lowest BCUT2D eigenvalue weighted by atomic mass is 10.3. The fourth-order valence-corrected chi connectivity index (χ4v) is 0.696. The van der Waals surface area contributed by atoms with E-state index in [-0.39, 0.29) is 12.6 Å². The van der Waals surface area contributed by atoms with Crippen molar-refractivity contribution in [1.29, 1.82) is 0 Å². The van der Waals surface area contributed by atoms with Crippen LogP contribution in [-0.4, -0.2) is 22.4 Å². The molecule has 10 heavy (non-hydrogen) atoms. The van der Waals surface area contributed by atoms with Crippen molar-refractivity contribution in [2.24, 2.45) is 5.73 Å². The van der Waals surface area contributed by atoms with Crippen LogP contribution in [0.2, 0.25) is 0 Å². The lowest BCUT2D eigenvalue weighted by Crippen LogP contribution is -2.24. The number of hydrogen-bond acceptors (Lipinski definition) is 3. The zero-order valence-electron chi connectivity index (χ0n) is 5.73. The van der Waals surface area contributed by atoms with Crippen molar-refractivity contribution in [3.05, 3.63) is 0 Å². The number of phosphoric ester groups is 1. The Morgan fingerprint density at radius 1 is 1.70 bits per heavy atom. The Hall–Kier alpha value is 0.0700. The summed E-state index contributed by atoms with van der Waals surface area (Å²) >= 11 is 0. The molecule has 1 atom stereocenters. The standard InChI is InChI=1S/C4H12NO4P/c1-2-4(5)3-9-10(6,7)8/h4H,2-3,5H2,1H3,(H2,6,7,8)/t4-/m0/s1. The highest BCUT2D eigenvalue weighted by Gasteiger charge is 2.14. The van der Waals surface area contributed by atoms with E-state index in [9.17, 15) is 4.57 Å². The fraction of sp³-hybridized carbons (Fsp3) is 1.00. The van der Waals surface area contributed by atoms with Gasteiger partial charge in [0.1, 0.15) is 0 Å². The van der Waals surface area contributed by atoms with Crippen molar-refractivity contribution in [2.45, 2.75) is 19.4 Å². The zero-order chi connectivity index (χ0) is 8.20. The first-order chi connectivity index (χ1) is 4.45. The molecule has 5 nitrogen and oxygen atoms in total. The first-order valence-electron chi connectivity index (χ1n) is 2.91. The SMILES string of the molecule is CC[C@H](N)COP(=O)(O)O. The maximum Gasteiger partial charge on any atom is 0.469 e. The summed E-state index contributed by atoms with van der Waals surface area (Å²) in [6.45, 7) is 1.72. The summed E-state index contributed by atoms with van der Waals surface area (Å²) < 4.78 is 14.2. The first-order valence-corrected chi connectivity index (χ1v) is 4.44. The maximum absolute atomic E-state index is 10.1. The molecule has 0 aliphatic carbocycles. The van der Waals surface area contributed by atoms with Gasteiger partial charge in [0.2, 0.25) is 0 Å². The molecule has 0 rings (SSSR count). The van der Waals surface area contributed by atoms with E-state index >= 15 is 0 Å². The van der Waals surface area contributed by atoms with Crippen molar-refractivity contribution in [1.82, 2.24) is 0 Å². The van der Waals surface area contributed by atoms with Gasteiger partial charge in [-0.2, -0.15) is 0 Å². The van der Waals surface area contributed by atoms with E-state index in [0.717, 1.165) is 0 Å². The summed E-state index contributed by atoms with van der Waals surface area (Å²) in [6, 6.07) is -0.298. The molecular formula is C4H12NO4P. The molecule has 0 aromatic rings. The Morgan fingerprint density at radius 3 is 2.50 bits per heavy atom. The van der Waals surface area contributed by atoms with Gasteiger partial charge in [0.05, 0.1) is 6.61 Å². The average molecular weight is 169 g/mol. The van der Waals surface area contributed by atoms with Crippen LogP contribution in [0, 0.1) is 0 Å². The van der Waals surface area contributed by atoms with Gasteiger partial charge < -0.3 is 15.5 Å². The van der Waals surface area contributed by atoms with Crippen LogP contribution in [0.25, 0.3) is 0 Å². The third-order valence-electron chi connectivity index (χ3n) is 0.981. The highest BCUT2D eigenvalue weighted by atomic mass is 31.2. The number of hydrogen-bond donors (Lipinski definition) is 3. The van der Waals surface area contributed by atoms with Crippen molar-refractivity contribution < 1.29 is 18.9 Å². The number of phosphoric acid groups is 1. The molecule has 0 radical (unpaired) electrons. The molecule has 6 heteroatoms. The second kappa shape index (κ2) is 4.05. The van der Waals surface area contributed by atoms with E-state index < -0.39 is 7.82 Å². The molecule has 62 valence electrons. The predicted octanol–water partition coefficient (Wildman–Crippen LogP) is -0.167. The molecule has 0 saturated heterocycles. The largest absolute Gasteiger partial charge is 0.469 e. The Balaban J connectivity index is 3.46. The Bertz CT molecular complexity index is 133. The maximum atomic E-state index is 10.1. The van der Waals surface area contributed by atoms with Crippen LogP contribution in [-0.2, 0) is 9.09 Å². The monoisotopic (exact) mass is 169 g/mol. The quantitative estimate of drug-likeness (QED) is 0.508. The third kappa shape index (κ3) is 6.19. The van der Waals surface area contributed by atoms with E-state index in [1.807, 2.05) is 6.92 Å². The summed E-state index contributed by atoms with van der Waals surface area (Å²) in [5.41, 5.74) is 5.31.